The molecule has 0 fully saturated rings. The summed E-state index contributed by atoms with van der Waals surface area (Å²) in [5.41, 5.74) is 1.08. The van der Waals surface area contributed by atoms with E-state index in [2.05, 4.69) is 15.9 Å². The molecule has 0 spiro atoms. The highest BCUT2D eigenvalue weighted by Gasteiger charge is 2.12. The third kappa shape index (κ3) is 3.52. The summed E-state index contributed by atoms with van der Waals surface area (Å²) in [6.45, 7) is 1.13. The SMILES string of the molecule is CN(CC(=O)c1ccc(Br)s1)Cc1ccoc1. The summed E-state index contributed by atoms with van der Waals surface area (Å²) >= 11 is 4.82. The fourth-order valence-electron chi connectivity index (χ4n) is 1.54. The van der Waals surface area contributed by atoms with E-state index in [1.54, 1.807) is 12.5 Å². The summed E-state index contributed by atoms with van der Waals surface area (Å²) in [6.07, 6.45) is 3.34. The normalized spacial score (nSPS) is 11.0. The van der Waals surface area contributed by atoms with E-state index in [0.717, 1.165) is 20.8 Å². The highest BCUT2D eigenvalue weighted by atomic mass is 79.9. The molecular formula is C12H12BrNO2S. The van der Waals surface area contributed by atoms with Crippen molar-refractivity contribution in [2.24, 2.45) is 0 Å². The molecule has 0 atom stereocenters. The zero-order valence-electron chi connectivity index (χ0n) is 9.35. The van der Waals surface area contributed by atoms with Crippen molar-refractivity contribution in [3.05, 3.63) is 45.0 Å². The second kappa shape index (κ2) is 5.62. The predicted octanol–water partition coefficient (Wildman–Crippen LogP) is 3.42. The number of carbonyl (C=O) groups excluding carboxylic acids is 1. The molecule has 0 aromatic carbocycles. The van der Waals surface area contributed by atoms with Gasteiger partial charge < -0.3 is 4.42 Å². The van der Waals surface area contributed by atoms with E-state index in [-0.39, 0.29) is 5.78 Å². The third-order valence-electron chi connectivity index (χ3n) is 2.29. The van der Waals surface area contributed by atoms with Gasteiger partial charge in [0.1, 0.15) is 0 Å². The molecule has 2 heterocycles. The lowest BCUT2D eigenvalue weighted by Gasteiger charge is -2.13. The molecule has 2 rings (SSSR count). The zero-order valence-corrected chi connectivity index (χ0v) is 11.8. The van der Waals surface area contributed by atoms with Gasteiger partial charge >= 0.3 is 0 Å². The first kappa shape index (κ1) is 12.5. The van der Waals surface area contributed by atoms with Gasteiger partial charge in [0, 0.05) is 12.1 Å². The van der Waals surface area contributed by atoms with Crippen LogP contribution in [0.1, 0.15) is 15.2 Å². The van der Waals surface area contributed by atoms with Crippen molar-refractivity contribution in [2.45, 2.75) is 6.54 Å². The maximum absolute atomic E-state index is 11.9. The van der Waals surface area contributed by atoms with E-state index < -0.39 is 0 Å². The van der Waals surface area contributed by atoms with Gasteiger partial charge in [-0.25, -0.2) is 0 Å². The Morgan fingerprint density at radius 1 is 1.47 bits per heavy atom. The van der Waals surface area contributed by atoms with Gasteiger partial charge in [0.15, 0.2) is 5.78 Å². The number of rotatable bonds is 5. The lowest BCUT2D eigenvalue weighted by molar-refractivity contribution is 0.0947. The standard InChI is InChI=1S/C12H12BrNO2S/c1-14(6-9-4-5-16-8-9)7-10(15)11-2-3-12(13)17-11/h2-5,8H,6-7H2,1H3. The Labute approximate surface area is 112 Å². The lowest BCUT2D eigenvalue weighted by Crippen LogP contribution is -2.24. The van der Waals surface area contributed by atoms with Crippen LogP contribution in [0.25, 0.3) is 0 Å². The largest absolute Gasteiger partial charge is 0.472 e. The Balaban J connectivity index is 1.90. The molecule has 0 saturated carbocycles. The molecule has 3 nitrogen and oxygen atoms in total. The van der Waals surface area contributed by atoms with Crippen LogP contribution in [0, 0.1) is 0 Å². The molecule has 0 amide bonds. The van der Waals surface area contributed by atoms with Crippen LogP contribution in [0.5, 0.6) is 0 Å². The first-order valence-corrected chi connectivity index (χ1v) is 6.74. The summed E-state index contributed by atoms with van der Waals surface area (Å²) in [5, 5.41) is 0. The van der Waals surface area contributed by atoms with Crippen LogP contribution in [-0.2, 0) is 6.54 Å². The van der Waals surface area contributed by atoms with Crippen molar-refractivity contribution in [3.8, 4) is 0 Å². The quantitative estimate of drug-likeness (QED) is 0.793. The average molecular weight is 314 g/mol. The van der Waals surface area contributed by atoms with Crippen molar-refractivity contribution in [1.29, 1.82) is 0 Å². The summed E-state index contributed by atoms with van der Waals surface area (Å²) in [4.78, 5) is 14.7. The molecule has 17 heavy (non-hydrogen) atoms. The maximum Gasteiger partial charge on any atom is 0.186 e. The van der Waals surface area contributed by atoms with Gasteiger partial charge in [0.25, 0.3) is 0 Å². The molecule has 0 unspecified atom stereocenters. The Hall–Kier alpha value is -0.910. The van der Waals surface area contributed by atoms with Gasteiger partial charge in [-0.15, -0.1) is 11.3 Å². The predicted molar refractivity (Wildman–Crippen MR) is 71.4 cm³/mol. The minimum absolute atomic E-state index is 0.145. The second-order valence-electron chi connectivity index (χ2n) is 3.83. The highest BCUT2D eigenvalue weighted by molar-refractivity contribution is 9.11. The Morgan fingerprint density at radius 2 is 2.29 bits per heavy atom. The van der Waals surface area contributed by atoms with Crippen molar-refractivity contribution in [3.63, 3.8) is 0 Å². The second-order valence-corrected chi connectivity index (χ2v) is 6.29. The third-order valence-corrected chi connectivity index (χ3v) is 3.96. The number of carbonyl (C=O) groups is 1. The molecule has 0 saturated heterocycles. The number of furan rings is 1. The van der Waals surface area contributed by atoms with E-state index in [9.17, 15) is 4.79 Å². The van der Waals surface area contributed by atoms with E-state index in [0.29, 0.717) is 6.54 Å². The fraction of sp³-hybridized carbons (Fsp3) is 0.250. The Bertz CT molecular complexity index is 492. The monoisotopic (exact) mass is 313 g/mol. The Kier molecular flexibility index (Phi) is 4.15. The van der Waals surface area contributed by atoms with E-state index >= 15 is 0 Å². The van der Waals surface area contributed by atoms with Crippen molar-refractivity contribution < 1.29 is 9.21 Å². The molecular weight excluding hydrogens is 302 g/mol. The summed E-state index contributed by atoms with van der Waals surface area (Å²) in [6, 6.07) is 5.65. The minimum atomic E-state index is 0.145. The van der Waals surface area contributed by atoms with Crippen molar-refractivity contribution in [2.75, 3.05) is 13.6 Å². The number of thiophene rings is 1. The molecule has 0 aliphatic rings. The van der Waals surface area contributed by atoms with Gasteiger partial charge in [-0.05, 0) is 41.2 Å². The number of Topliss-reactive ketones (excluding diaryl/α,β-unsaturated/α-hetero) is 1. The fourth-order valence-corrected chi connectivity index (χ4v) is 2.85. The molecule has 90 valence electrons. The number of halogens is 1. The molecule has 2 aromatic heterocycles. The first-order valence-electron chi connectivity index (χ1n) is 5.13. The van der Waals surface area contributed by atoms with Crippen LogP contribution in [0.2, 0.25) is 0 Å². The summed E-state index contributed by atoms with van der Waals surface area (Å²) in [7, 11) is 1.92. The van der Waals surface area contributed by atoms with E-state index in [1.165, 1.54) is 11.3 Å². The van der Waals surface area contributed by atoms with Gasteiger partial charge in [-0.3, -0.25) is 9.69 Å². The van der Waals surface area contributed by atoms with E-state index in [4.69, 9.17) is 4.42 Å². The molecule has 0 aliphatic carbocycles. The van der Waals surface area contributed by atoms with Crippen LogP contribution in [0.15, 0.2) is 38.9 Å². The summed E-state index contributed by atoms with van der Waals surface area (Å²) in [5.74, 6) is 0.145. The van der Waals surface area contributed by atoms with Gasteiger partial charge in [0.05, 0.1) is 27.7 Å². The van der Waals surface area contributed by atoms with Crippen molar-refractivity contribution in [1.82, 2.24) is 4.90 Å². The van der Waals surface area contributed by atoms with E-state index in [1.807, 2.05) is 30.1 Å². The van der Waals surface area contributed by atoms with Crippen LogP contribution < -0.4 is 0 Å². The number of likely N-dealkylation sites (N-methyl/N-ethyl adjacent to an activating group) is 1. The van der Waals surface area contributed by atoms with Gasteiger partial charge in [0.2, 0.25) is 0 Å². The van der Waals surface area contributed by atoms with Crippen LogP contribution in [0.3, 0.4) is 0 Å². The topological polar surface area (TPSA) is 33.5 Å². The van der Waals surface area contributed by atoms with Gasteiger partial charge in [-0.2, -0.15) is 0 Å². The number of hydrogen-bond donors (Lipinski definition) is 0. The van der Waals surface area contributed by atoms with Crippen LogP contribution >= 0.6 is 27.3 Å². The zero-order chi connectivity index (χ0) is 12.3. The highest BCUT2D eigenvalue weighted by Crippen LogP contribution is 2.22. The Morgan fingerprint density at radius 3 is 2.88 bits per heavy atom. The first-order chi connectivity index (χ1) is 8.15. The number of nitrogens with zero attached hydrogens (tertiary/aromatic N) is 1. The van der Waals surface area contributed by atoms with Gasteiger partial charge in [-0.1, -0.05) is 0 Å². The lowest BCUT2D eigenvalue weighted by atomic mass is 10.2. The number of ketones is 1. The molecule has 0 N–H and O–H groups in total. The van der Waals surface area contributed by atoms with Crippen molar-refractivity contribution >= 4 is 33.0 Å². The molecule has 2 aromatic rings. The van der Waals surface area contributed by atoms with Crippen LogP contribution in [-0.4, -0.2) is 24.3 Å². The number of hydrogen-bond acceptors (Lipinski definition) is 4. The summed E-state index contributed by atoms with van der Waals surface area (Å²) < 4.78 is 5.98. The minimum Gasteiger partial charge on any atom is -0.472 e. The molecule has 0 radical (unpaired) electrons. The molecule has 0 aliphatic heterocycles. The van der Waals surface area contributed by atoms with Crippen LogP contribution in [0.4, 0.5) is 0 Å². The molecule has 5 heteroatoms. The maximum atomic E-state index is 11.9. The molecule has 0 bridgehead atoms. The smallest absolute Gasteiger partial charge is 0.186 e. The average Bonchev–Trinajstić information content (AvgIpc) is 2.89.